The van der Waals surface area contributed by atoms with Gasteiger partial charge in [0.25, 0.3) is 0 Å². The Labute approximate surface area is 147 Å². The minimum atomic E-state index is -0.841. The van der Waals surface area contributed by atoms with E-state index < -0.39 is 17.8 Å². The van der Waals surface area contributed by atoms with Gasteiger partial charge in [-0.25, -0.2) is 0 Å². The number of fused-ring (bicyclic) bond motifs is 5. The molecule has 2 aliphatic heterocycles. The predicted octanol–water partition coefficient (Wildman–Crippen LogP) is 1.56. The van der Waals surface area contributed by atoms with Crippen molar-refractivity contribution in [3.05, 3.63) is 0 Å². The molecule has 2 heterocycles. The summed E-state index contributed by atoms with van der Waals surface area (Å²) in [5, 5.41) is 20.4. The van der Waals surface area contributed by atoms with E-state index in [9.17, 15) is 19.8 Å². The number of carbonyl (C=O) groups excluding carboxylic acids is 2. The quantitative estimate of drug-likeness (QED) is 0.643. The lowest BCUT2D eigenvalue weighted by Gasteiger charge is -2.56. The number of rotatable bonds is 0. The van der Waals surface area contributed by atoms with E-state index in [1.54, 1.807) is 0 Å². The molecule has 0 amide bonds. The standard InChI is InChI=1S/C19H28O6/c1-18-9-14(21)13(20)8-15(18)24-17(23)7-10-11(18)5-6-19(2)12(10)3-4-16(22)25-19/h10-15,20-21H,3-9H2,1-2H3/t10-,11+,12+,13+,14-,15+,18-,19+/m1/s1. The number of aliphatic hydroxyl groups is 2. The summed E-state index contributed by atoms with van der Waals surface area (Å²) in [6.45, 7) is 4.10. The van der Waals surface area contributed by atoms with Gasteiger partial charge in [0.05, 0.1) is 12.2 Å². The van der Waals surface area contributed by atoms with Gasteiger partial charge in [-0.3, -0.25) is 9.59 Å². The lowest BCUT2D eigenvalue weighted by molar-refractivity contribution is -0.200. The highest BCUT2D eigenvalue weighted by Gasteiger charge is 2.60. The molecular weight excluding hydrogens is 324 g/mol. The van der Waals surface area contributed by atoms with Crippen molar-refractivity contribution >= 4 is 11.9 Å². The molecule has 8 atom stereocenters. The molecule has 0 bridgehead atoms. The molecular formula is C19H28O6. The summed E-state index contributed by atoms with van der Waals surface area (Å²) in [6.07, 6.45) is 1.86. The Morgan fingerprint density at radius 3 is 2.56 bits per heavy atom. The van der Waals surface area contributed by atoms with Gasteiger partial charge in [0.1, 0.15) is 11.7 Å². The van der Waals surface area contributed by atoms with Crippen molar-refractivity contribution in [3.63, 3.8) is 0 Å². The van der Waals surface area contributed by atoms with Gasteiger partial charge < -0.3 is 19.7 Å². The SMILES string of the molecule is C[C@]12C[C@@H](O)[C@@H](O)C[C@@H]1OC(=O)C[C@@H]1[C@@H]2CC[C@]2(C)OC(=O)CC[C@@H]12. The van der Waals surface area contributed by atoms with Crippen LogP contribution in [0.25, 0.3) is 0 Å². The molecule has 4 fully saturated rings. The molecule has 0 radical (unpaired) electrons. The number of hydrogen-bond acceptors (Lipinski definition) is 6. The van der Waals surface area contributed by atoms with Crippen LogP contribution in [-0.2, 0) is 19.1 Å². The van der Waals surface area contributed by atoms with Crippen molar-refractivity contribution < 1.29 is 29.3 Å². The topological polar surface area (TPSA) is 93.1 Å². The monoisotopic (exact) mass is 352 g/mol. The van der Waals surface area contributed by atoms with E-state index in [1.165, 1.54) is 0 Å². The molecule has 0 unspecified atom stereocenters. The Hall–Kier alpha value is -1.14. The zero-order valence-corrected chi connectivity index (χ0v) is 14.9. The van der Waals surface area contributed by atoms with E-state index in [0.717, 1.165) is 19.3 Å². The highest BCUT2D eigenvalue weighted by molar-refractivity contribution is 5.72. The molecule has 0 spiro atoms. The average molecular weight is 352 g/mol. The van der Waals surface area contributed by atoms with Crippen LogP contribution >= 0.6 is 0 Å². The number of esters is 2. The third-order valence-electron chi connectivity index (χ3n) is 7.58. The first-order valence-corrected chi connectivity index (χ1v) is 9.50. The minimum absolute atomic E-state index is 0.0943. The van der Waals surface area contributed by atoms with Crippen LogP contribution in [-0.4, -0.2) is 46.1 Å². The lowest BCUT2D eigenvalue weighted by atomic mass is 9.51. The molecule has 4 aliphatic rings. The van der Waals surface area contributed by atoms with Gasteiger partial charge in [0.15, 0.2) is 0 Å². The van der Waals surface area contributed by atoms with Gasteiger partial charge in [0, 0.05) is 30.6 Å². The summed E-state index contributed by atoms with van der Waals surface area (Å²) >= 11 is 0. The maximum absolute atomic E-state index is 12.5. The smallest absolute Gasteiger partial charge is 0.306 e. The Bertz CT molecular complexity index is 590. The van der Waals surface area contributed by atoms with Crippen LogP contribution in [0.15, 0.2) is 0 Å². The Balaban J connectivity index is 1.70. The van der Waals surface area contributed by atoms with Gasteiger partial charge in [-0.2, -0.15) is 0 Å². The second-order valence-electron chi connectivity index (χ2n) is 9.00. The molecule has 140 valence electrons. The maximum atomic E-state index is 12.5. The largest absolute Gasteiger partial charge is 0.462 e. The number of aliphatic hydroxyl groups excluding tert-OH is 2. The highest BCUT2D eigenvalue weighted by Crippen LogP contribution is 2.59. The summed E-state index contributed by atoms with van der Waals surface area (Å²) < 4.78 is 11.5. The van der Waals surface area contributed by atoms with E-state index >= 15 is 0 Å². The van der Waals surface area contributed by atoms with Crippen molar-refractivity contribution in [3.8, 4) is 0 Å². The zero-order valence-electron chi connectivity index (χ0n) is 14.9. The number of carbonyl (C=O) groups is 2. The molecule has 2 saturated heterocycles. The van der Waals surface area contributed by atoms with Crippen LogP contribution in [0.1, 0.15) is 58.8 Å². The third-order valence-corrected chi connectivity index (χ3v) is 7.58. The van der Waals surface area contributed by atoms with Crippen molar-refractivity contribution in [2.75, 3.05) is 0 Å². The Kier molecular flexibility index (Phi) is 3.93. The van der Waals surface area contributed by atoms with Crippen molar-refractivity contribution in [1.82, 2.24) is 0 Å². The minimum Gasteiger partial charge on any atom is -0.462 e. The second-order valence-corrected chi connectivity index (χ2v) is 9.00. The fourth-order valence-corrected chi connectivity index (χ4v) is 6.24. The first-order valence-electron chi connectivity index (χ1n) is 9.50. The van der Waals surface area contributed by atoms with Crippen LogP contribution in [0.2, 0.25) is 0 Å². The molecule has 6 nitrogen and oxygen atoms in total. The molecule has 0 aromatic rings. The first-order chi connectivity index (χ1) is 11.7. The summed E-state index contributed by atoms with van der Waals surface area (Å²) in [6, 6.07) is 0. The van der Waals surface area contributed by atoms with Gasteiger partial charge in [-0.15, -0.1) is 0 Å². The van der Waals surface area contributed by atoms with E-state index in [-0.39, 0.29) is 41.2 Å². The van der Waals surface area contributed by atoms with Crippen LogP contribution < -0.4 is 0 Å². The van der Waals surface area contributed by atoms with Gasteiger partial charge >= 0.3 is 11.9 Å². The lowest BCUT2D eigenvalue weighted by Crippen LogP contribution is -2.58. The maximum Gasteiger partial charge on any atom is 0.306 e. The highest BCUT2D eigenvalue weighted by atomic mass is 16.6. The van der Waals surface area contributed by atoms with Crippen LogP contribution in [0.4, 0.5) is 0 Å². The van der Waals surface area contributed by atoms with Gasteiger partial charge in [0.2, 0.25) is 0 Å². The summed E-state index contributed by atoms with van der Waals surface area (Å²) in [5.74, 6) is 0.0935. The number of hydrogen-bond donors (Lipinski definition) is 2. The van der Waals surface area contributed by atoms with Gasteiger partial charge in [-0.05, 0) is 44.4 Å². The van der Waals surface area contributed by atoms with E-state index in [2.05, 4.69) is 6.92 Å². The zero-order chi connectivity index (χ0) is 18.0. The summed E-state index contributed by atoms with van der Waals surface area (Å²) in [5.41, 5.74) is -0.849. The summed E-state index contributed by atoms with van der Waals surface area (Å²) in [4.78, 5) is 24.3. The Morgan fingerprint density at radius 2 is 1.80 bits per heavy atom. The van der Waals surface area contributed by atoms with E-state index in [0.29, 0.717) is 25.7 Å². The fourth-order valence-electron chi connectivity index (χ4n) is 6.24. The molecule has 2 aliphatic carbocycles. The molecule has 0 aromatic heterocycles. The molecule has 2 N–H and O–H groups in total. The van der Waals surface area contributed by atoms with Crippen LogP contribution in [0.3, 0.4) is 0 Å². The molecule has 25 heavy (non-hydrogen) atoms. The van der Waals surface area contributed by atoms with Crippen LogP contribution in [0, 0.1) is 23.2 Å². The van der Waals surface area contributed by atoms with Crippen molar-refractivity contribution in [1.29, 1.82) is 0 Å². The third kappa shape index (κ3) is 2.60. The number of ether oxygens (including phenoxy) is 2. The molecule has 0 aromatic carbocycles. The normalized spacial score (nSPS) is 52.8. The Morgan fingerprint density at radius 1 is 1.04 bits per heavy atom. The van der Waals surface area contributed by atoms with Crippen molar-refractivity contribution in [2.24, 2.45) is 23.2 Å². The van der Waals surface area contributed by atoms with Crippen molar-refractivity contribution in [2.45, 2.75) is 82.7 Å². The first kappa shape index (κ1) is 17.3. The van der Waals surface area contributed by atoms with Crippen LogP contribution in [0.5, 0.6) is 0 Å². The summed E-state index contributed by atoms with van der Waals surface area (Å²) in [7, 11) is 0. The fraction of sp³-hybridized carbons (Fsp3) is 0.895. The van der Waals surface area contributed by atoms with Gasteiger partial charge in [-0.1, -0.05) is 6.92 Å². The van der Waals surface area contributed by atoms with E-state index in [4.69, 9.17) is 9.47 Å². The second kappa shape index (κ2) is 5.68. The molecule has 2 saturated carbocycles. The predicted molar refractivity (Wildman–Crippen MR) is 87.3 cm³/mol. The molecule has 6 heteroatoms. The van der Waals surface area contributed by atoms with E-state index in [1.807, 2.05) is 6.92 Å². The average Bonchev–Trinajstić information content (AvgIpc) is 2.61. The molecule has 4 rings (SSSR count).